The molecule has 2 rings (SSSR count). The second-order valence-corrected chi connectivity index (χ2v) is 4.97. The summed E-state index contributed by atoms with van der Waals surface area (Å²) >= 11 is 11.6. The molecule has 0 spiro atoms. The van der Waals surface area contributed by atoms with Crippen LogP contribution in [-0.4, -0.2) is 18.5 Å². The summed E-state index contributed by atoms with van der Waals surface area (Å²) in [6.45, 7) is 0.720. The van der Waals surface area contributed by atoms with Crippen LogP contribution in [0.25, 0.3) is 0 Å². The number of halogens is 2. The van der Waals surface area contributed by atoms with Crippen molar-refractivity contribution >= 4 is 34.8 Å². The predicted octanol–water partition coefficient (Wildman–Crippen LogP) is 3.07. The van der Waals surface area contributed by atoms with E-state index < -0.39 is 0 Å². The fourth-order valence-corrected chi connectivity index (χ4v) is 1.77. The van der Waals surface area contributed by atoms with Gasteiger partial charge in [0.2, 0.25) is 5.91 Å². The van der Waals surface area contributed by atoms with Crippen molar-refractivity contribution in [3.8, 4) is 0 Å². The van der Waals surface area contributed by atoms with Crippen molar-refractivity contribution in [3.05, 3.63) is 28.2 Å². The van der Waals surface area contributed by atoms with Gasteiger partial charge in [-0.1, -0.05) is 23.2 Å². The molecular weight excluding hydrogens is 259 g/mol. The first-order valence-electron chi connectivity index (χ1n) is 5.63. The Bertz CT molecular complexity index is 419. The number of amides is 1. The fourth-order valence-electron chi connectivity index (χ4n) is 1.47. The molecule has 1 aliphatic rings. The van der Waals surface area contributed by atoms with Crippen LogP contribution in [0.15, 0.2) is 18.2 Å². The number of hydrogen-bond acceptors (Lipinski definition) is 2. The molecule has 0 aliphatic heterocycles. The zero-order valence-corrected chi connectivity index (χ0v) is 10.8. The van der Waals surface area contributed by atoms with E-state index in [1.807, 2.05) is 0 Å². The monoisotopic (exact) mass is 272 g/mol. The zero-order chi connectivity index (χ0) is 12.3. The summed E-state index contributed by atoms with van der Waals surface area (Å²) in [6.07, 6.45) is 2.93. The Balaban J connectivity index is 1.77. The molecule has 1 aliphatic carbocycles. The van der Waals surface area contributed by atoms with Crippen molar-refractivity contribution in [2.45, 2.75) is 25.3 Å². The lowest BCUT2D eigenvalue weighted by atomic mass is 10.3. The quantitative estimate of drug-likeness (QED) is 0.865. The smallest absolute Gasteiger partial charge is 0.225 e. The molecule has 0 bridgehead atoms. The minimum Gasteiger partial charge on any atom is -0.326 e. The van der Waals surface area contributed by atoms with Gasteiger partial charge < -0.3 is 10.6 Å². The predicted molar refractivity (Wildman–Crippen MR) is 70.7 cm³/mol. The first-order valence-corrected chi connectivity index (χ1v) is 6.39. The summed E-state index contributed by atoms with van der Waals surface area (Å²) < 4.78 is 0. The van der Waals surface area contributed by atoms with Gasteiger partial charge in [0.1, 0.15) is 0 Å². The molecule has 0 radical (unpaired) electrons. The second-order valence-electron chi connectivity index (χ2n) is 4.16. The SMILES string of the molecule is O=C(CCNC1CC1)Nc1ccc(Cl)c(Cl)c1. The summed E-state index contributed by atoms with van der Waals surface area (Å²) in [5, 5.41) is 7.00. The number of hydrogen-bond donors (Lipinski definition) is 2. The Morgan fingerprint density at radius 3 is 2.71 bits per heavy atom. The molecule has 0 aromatic heterocycles. The van der Waals surface area contributed by atoms with Crippen LogP contribution < -0.4 is 10.6 Å². The molecule has 2 N–H and O–H groups in total. The van der Waals surface area contributed by atoms with E-state index in [0.29, 0.717) is 28.2 Å². The van der Waals surface area contributed by atoms with E-state index in [2.05, 4.69) is 10.6 Å². The first-order chi connectivity index (χ1) is 8.15. The maximum Gasteiger partial charge on any atom is 0.225 e. The highest BCUT2D eigenvalue weighted by Gasteiger charge is 2.20. The van der Waals surface area contributed by atoms with Crippen LogP contribution in [0.2, 0.25) is 10.0 Å². The number of benzene rings is 1. The van der Waals surface area contributed by atoms with Crippen molar-refractivity contribution in [2.75, 3.05) is 11.9 Å². The van der Waals surface area contributed by atoms with Gasteiger partial charge in [-0.3, -0.25) is 4.79 Å². The highest BCUT2D eigenvalue weighted by Crippen LogP contribution is 2.25. The molecule has 0 atom stereocenters. The van der Waals surface area contributed by atoms with Gasteiger partial charge in [0.25, 0.3) is 0 Å². The molecule has 1 amide bonds. The summed E-state index contributed by atoms with van der Waals surface area (Å²) in [6, 6.07) is 5.69. The molecule has 17 heavy (non-hydrogen) atoms. The third-order valence-electron chi connectivity index (χ3n) is 2.57. The van der Waals surface area contributed by atoms with E-state index in [0.717, 1.165) is 6.54 Å². The van der Waals surface area contributed by atoms with Crippen molar-refractivity contribution in [2.24, 2.45) is 0 Å². The van der Waals surface area contributed by atoms with Gasteiger partial charge in [-0.15, -0.1) is 0 Å². The molecule has 1 fully saturated rings. The van der Waals surface area contributed by atoms with Crippen LogP contribution in [-0.2, 0) is 4.79 Å². The van der Waals surface area contributed by atoms with Gasteiger partial charge in [-0.25, -0.2) is 0 Å². The van der Waals surface area contributed by atoms with Gasteiger partial charge >= 0.3 is 0 Å². The van der Waals surface area contributed by atoms with Crippen molar-refractivity contribution in [1.82, 2.24) is 5.32 Å². The Hall–Kier alpha value is -0.770. The summed E-state index contributed by atoms with van der Waals surface area (Å²) in [4.78, 5) is 11.6. The third-order valence-corrected chi connectivity index (χ3v) is 3.30. The Labute approximate surface area is 110 Å². The van der Waals surface area contributed by atoms with Crippen LogP contribution in [0.1, 0.15) is 19.3 Å². The molecule has 0 heterocycles. The first kappa shape index (κ1) is 12.7. The van der Waals surface area contributed by atoms with E-state index in [1.165, 1.54) is 12.8 Å². The number of nitrogens with one attached hydrogen (secondary N) is 2. The molecule has 5 heteroatoms. The van der Waals surface area contributed by atoms with Crippen LogP contribution in [0.3, 0.4) is 0 Å². The van der Waals surface area contributed by atoms with E-state index in [9.17, 15) is 4.79 Å². The van der Waals surface area contributed by atoms with Gasteiger partial charge in [0.05, 0.1) is 10.0 Å². The topological polar surface area (TPSA) is 41.1 Å². The molecule has 0 unspecified atom stereocenters. The van der Waals surface area contributed by atoms with Crippen molar-refractivity contribution in [1.29, 1.82) is 0 Å². The number of anilines is 1. The van der Waals surface area contributed by atoms with E-state index in [-0.39, 0.29) is 5.91 Å². The molecule has 1 aromatic carbocycles. The van der Waals surface area contributed by atoms with E-state index in [1.54, 1.807) is 18.2 Å². The molecule has 1 aromatic rings. The normalized spacial score (nSPS) is 14.7. The summed E-state index contributed by atoms with van der Waals surface area (Å²) in [5.74, 6) is -0.0171. The van der Waals surface area contributed by atoms with E-state index in [4.69, 9.17) is 23.2 Å². The molecular formula is C12H14Cl2N2O. The van der Waals surface area contributed by atoms with Gasteiger partial charge in [-0.2, -0.15) is 0 Å². The maximum absolute atomic E-state index is 11.6. The Morgan fingerprint density at radius 2 is 2.06 bits per heavy atom. The van der Waals surface area contributed by atoms with Gasteiger partial charge in [0.15, 0.2) is 0 Å². The van der Waals surface area contributed by atoms with E-state index >= 15 is 0 Å². The number of rotatable bonds is 5. The number of carbonyl (C=O) groups excluding carboxylic acids is 1. The molecule has 3 nitrogen and oxygen atoms in total. The maximum atomic E-state index is 11.6. The lowest BCUT2D eigenvalue weighted by Crippen LogP contribution is -2.23. The highest BCUT2D eigenvalue weighted by atomic mass is 35.5. The standard InChI is InChI=1S/C12H14Cl2N2O/c13-10-4-3-9(7-11(10)14)16-12(17)5-6-15-8-1-2-8/h3-4,7-8,15H,1-2,5-6H2,(H,16,17). The number of carbonyl (C=O) groups is 1. The van der Waals surface area contributed by atoms with Crippen LogP contribution >= 0.6 is 23.2 Å². The van der Waals surface area contributed by atoms with Gasteiger partial charge in [-0.05, 0) is 31.0 Å². The van der Waals surface area contributed by atoms with Crippen LogP contribution in [0.4, 0.5) is 5.69 Å². The summed E-state index contributed by atoms with van der Waals surface area (Å²) in [7, 11) is 0. The summed E-state index contributed by atoms with van der Waals surface area (Å²) in [5.41, 5.74) is 0.677. The van der Waals surface area contributed by atoms with Crippen LogP contribution in [0.5, 0.6) is 0 Å². The molecule has 1 saturated carbocycles. The Kier molecular flexibility index (Phi) is 4.26. The molecule has 0 saturated heterocycles. The Morgan fingerprint density at radius 1 is 1.29 bits per heavy atom. The fraction of sp³-hybridized carbons (Fsp3) is 0.417. The van der Waals surface area contributed by atoms with Crippen molar-refractivity contribution < 1.29 is 4.79 Å². The highest BCUT2D eigenvalue weighted by molar-refractivity contribution is 6.42. The lowest BCUT2D eigenvalue weighted by Gasteiger charge is -2.06. The van der Waals surface area contributed by atoms with Gasteiger partial charge in [0, 0.05) is 24.7 Å². The van der Waals surface area contributed by atoms with Crippen LogP contribution in [0, 0.1) is 0 Å². The van der Waals surface area contributed by atoms with Crippen molar-refractivity contribution in [3.63, 3.8) is 0 Å². The second kappa shape index (κ2) is 5.71. The molecule has 92 valence electrons. The third kappa shape index (κ3) is 4.19. The minimum atomic E-state index is -0.0171. The average molecular weight is 273 g/mol. The largest absolute Gasteiger partial charge is 0.326 e. The average Bonchev–Trinajstić information content (AvgIpc) is 3.07. The minimum absolute atomic E-state index is 0.0171. The lowest BCUT2D eigenvalue weighted by molar-refractivity contribution is -0.116. The zero-order valence-electron chi connectivity index (χ0n) is 9.30.